The zero-order valence-electron chi connectivity index (χ0n) is 8.69. The van der Waals surface area contributed by atoms with Crippen molar-refractivity contribution >= 4 is 12.6 Å². The lowest BCUT2D eigenvalue weighted by molar-refractivity contribution is 0.425. The second-order valence-corrected chi connectivity index (χ2v) is 4.86. The van der Waals surface area contributed by atoms with Gasteiger partial charge in [-0.1, -0.05) is 18.2 Å². The minimum atomic E-state index is -1.32. The quantitative estimate of drug-likeness (QED) is 0.721. The largest absolute Gasteiger partial charge is 0.488 e. The van der Waals surface area contributed by atoms with Crippen LogP contribution in [0.4, 0.5) is 0 Å². The van der Waals surface area contributed by atoms with Crippen molar-refractivity contribution in [3.05, 3.63) is 29.3 Å². The van der Waals surface area contributed by atoms with E-state index in [1.807, 2.05) is 12.1 Å². The van der Waals surface area contributed by atoms with Crippen LogP contribution in [-0.2, 0) is 0 Å². The molecule has 3 rings (SSSR count). The first-order chi connectivity index (χ1) is 7.24. The van der Waals surface area contributed by atoms with E-state index in [-0.39, 0.29) is 0 Å². The second-order valence-electron chi connectivity index (χ2n) is 4.86. The van der Waals surface area contributed by atoms with Crippen LogP contribution in [0.15, 0.2) is 18.2 Å². The van der Waals surface area contributed by atoms with Crippen LogP contribution in [0.25, 0.3) is 0 Å². The maximum Gasteiger partial charge on any atom is 0.488 e. The van der Waals surface area contributed by atoms with Gasteiger partial charge in [-0.2, -0.15) is 0 Å². The van der Waals surface area contributed by atoms with Crippen molar-refractivity contribution in [2.24, 2.45) is 0 Å². The van der Waals surface area contributed by atoms with Crippen LogP contribution < -0.4 is 5.46 Å². The van der Waals surface area contributed by atoms with E-state index in [0.29, 0.717) is 17.3 Å². The van der Waals surface area contributed by atoms with Crippen molar-refractivity contribution in [3.8, 4) is 0 Å². The highest BCUT2D eigenvalue weighted by Gasteiger charge is 2.29. The molecule has 2 aliphatic carbocycles. The molecule has 0 atom stereocenters. The third-order valence-electron chi connectivity index (χ3n) is 3.40. The van der Waals surface area contributed by atoms with Crippen LogP contribution >= 0.6 is 0 Å². The Balaban J connectivity index is 1.99. The van der Waals surface area contributed by atoms with E-state index < -0.39 is 7.12 Å². The highest BCUT2D eigenvalue weighted by Crippen LogP contribution is 2.44. The van der Waals surface area contributed by atoms with Crippen LogP contribution in [-0.4, -0.2) is 17.2 Å². The third-order valence-corrected chi connectivity index (χ3v) is 3.40. The SMILES string of the molecule is OB(O)c1cc(C2CC2)cc(C2CC2)c1. The van der Waals surface area contributed by atoms with Gasteiger partial charge in [0.1, 0.15) is 0 Å². The zero-order chi connectivity index (χ0) is 10.4. The molecule has 3 heteroatoms. The van der Waals surface area contributed by atoms with Crippen LogP contribution in [0.5, 0.6) is 0 Å². The van der Waals surface area contributed by atoms with Gasteiger partial charge in [-0.3, -0.25) is 0 Å². The van der Waals surface area contributed by atoms with Gasteiger partial charge in [-0.05, 0) is 54.1 Å². The van der Waals surface area contributed by atoms with Crippen molar-refractivity contribution in [3.63, 3.8) is 0 Å². The smallest absolute Gasteiger partial charge is 0.423 e. The Morgan fingerprint density at radius 1 is 0.867 bits per heavy atom. The highest BCUT2D eigenvalue weighted by molar-refractivity contribution is 6.58. The molecule has 0 bridgehead atoms. The van der Waals surface area contributed by atoms with E-state index in [1.165, 1.54) is 36.8 Å². The second kappa shape index (κ2) is 3.36. The Kier molecular flexibility index (Phi) is 2.11. The third kappa shape index (κ3) is 1.94. The molecular formula is C12H15BO2. The molecule has 15 heavy (non-hydrogen) atoms. The van der Waals surface area contributed by atoms with E-state index in [0.717, 1.165) is 0 Å². The lowest BCUT2D eigenvalue weighted by Gasteiger charge is -2.08. The van der Waals surface area contributed by atoms with Gasteiger partial charge in [0, 0.05) is 0 Å². The average Bonchev–Trinajstić information content (AvgIpc) is 3.06. The number of hydrogen-bond donors (Lipinski definition) is 2. The van der Waals surface area contributed by atoms with E-state index in [4.69, 9.17) is 0 Å². The monoisotopic (exact) mass is 202 g/mol. The Labute approximate surface area is 90.1 Å². The fraction of sp³-hybridized carbons (Fsp3) is 0.500. The maximum absolute atomic E-state index is 9.23. The fourth-order valence-corrected chi connectivity index (χ4v) is 2.16. The molecule has 2 N–H and O–H groups in total. The molecule has 2 aliphatic rings. The van der Waals surface area contributed by atoms with Crippen molar-refractivity contribution in [2.75, 3.05) is 0 Å². The first kappa shape index (κ1) is 9.43. The summed E-state index contributed by atoms with van der Waals surface area (Å²) in [5.74, 6) is 1.36. The van der Waals surface area contributed by atoms with Crippen LogP contribution in [0.2, 0.25) is 0 Å². The van der Waals surface area contributed by atoms with Gasteiger partial charge in [0.15, 0.2) is 0 Å². The summed E-state index contributed by atoms with van der Waals surface area (Å²) in [6.45, 7) is 0. The molecule has 0 heterocycles. The van der Waals surface area contributed by atoms with Gasteiger partial charge >= 0.3 is 7.12 Å². The molecule has 0 spiro atoms. The molecule has 2 saturated carbocycles. The predicted octanol–water partition coefficient (Wildman–Crippen LogP) is 1.12. The van der Waals surface area contributed by atoms with Gasteiger partial charge in [0.2, 0.25) is 0 Å². The normalized spacial score (nSPS) is 20.4. The molecule has 0 radical (unpaired) electrons. The summed E-state index contributed by atoms with van der Waals surface area (Å²) in [6.07, 6.45) is 5.04. The molecule has 1 aromatic carbocycles. The molecule has 78 valence electrons. The van der Waals surface area contributed by atoms with Crippen molar-refractivity contribution < 1.29 is 10.0 Å². The highest BCUT2D eigenvalue weighted by atomic mass is 16.4. The van der Waals surface area contributed by atoms with E-state index in [2.05, 4.69) is 6.07 Å². The minimum Gasteiger partial charge on any atom is -0.423 e. The summed E-state index contributed by atoms with van der Waals surface area (Å²) in [6, 6.07) is 6.17. The summed E-state index contributed by atoms with van der Waals surface area (Å²) in [7, 11) is -1.32. The standard InChI is InChI=1S/C12H15BO2/c14-13(15)12-6-10(8-1-2-8)5-11(7-12)9-3-4-9/h5-9,14-15H,1-4H2. The zero-order valence-corrected chi connectivity index (χ0v) is 8.69. The van der Waals surface area contributed by atoms with Gasteiger partial charge < -0.3 is 10.0 Å². The van der Waals surface area contributed by atoms with Crippen LogP contribution in [0.1, 0.15) is 48.6 Å². The molecular weight excluding hydrogens is 187 g/mol. The molecule has 0 unspecified atom stereocenters. The maximum atomic E-state index is 9.23. The summed E-state index contributed by atoms with van der Waals surface area (Å²) in [5, 5.41) is 18.5. The summed E-state index contributed by atoms with van der Waals surface area (Å²) in [5.41, 5.74) is 3.28. The Morgan fingerprint density at radius 3 is 1.67 bits per heavy atom. The van der Waals surface area contributed by atoms with E-state index in [1.54, 1.807) is 0 Å². The predicted molar refractivity (Wildman–Crippen MR) is 60.2 cm³/mol. The number of benzene rings is 1. The molecule has 2 nitrogen and oxygen atoms in total. The molecule has 2 fully saturated rings. The summed E-state index contributed by atoms with van der Waals surface area (Å²) >= 11 is 0. The van der Waals surface area contributed by atoms with Gasteiger partial charge in [-0.15, -0.1) is 0 Å². The summed E-state index contributed by atoms with van der Waals surface area (Å²) < 4.78 is 0. The Morgan fingerprint density at radius 2 is 1.33 bits per heavy atom. The summed E-state index contributed by atoms with van der Waals surface area (Å²) in [4.78, 5) is 0. The topological polar surface area (TPSA) is 40.5 Å². The van der Waals surface area contributed by atoms with Crippen molar-refractivity contribution in [1.82, 2.24) is 0 Å². The number of hydrogen-bond acceptors (Lipinski definition) is 2. The molecule has 0 amide bonds. The van der Waals surface area contributed by atoms with E-state index in [9.17, 15) is 10.0 Å². The minimum absolute atomic E-state index is 0.668. The number of rotatable bonds is 3. The van der Waals surface area contributed by atoms with Gasteiger partial charge in [-0.25, -0.2) is 0 Å². The van der Waals surface area contributed by atoms with Crippen LogP contribution in [0, 0.1) is 0 Å². The van der Waals surface area contributed by atoms with Crippen molar-refractivity contribution in [1.29, 1.82) is 0 Å². The molecule has 0 aromatic heterocycles. The molecule has 0 aliphatic heterocycles. The van der Waals surface area contributed by atoms with Crippen LogP contribution in [0.3, 0.4) is 0 Å². The fourth-order valence-electron chi connectivity index (χ4n) is 2.16. The van der Waals surface area contributed by atoms with Crippen molar-refractivity contribution in [2.45, 2.75) is 37.5 Å². The van der Waals surface area contributed by atoms with E-state index >= 15 is 0 Å². The lowest BCUT2D eigenvalue weighted by Crippen LogP contribution is -2.30. The lowest BCUT2D eigenvalue weighted by atomic mass is 9.78. The Hall–Kier alpha value is -0.795. The average molecular weight is 202 g/mol. The Bertz CT molecular complexity index is 321. The first-order valence-electron chi connectivity index (χ1n) is 5.75. The van der Waals surface area contributed by atoms with Gasteiger partial charge in [0.05, 0.1) is 0 Å². The first-order valence-corrected chi connectivity index (χ1v) is 5.75. The molecule has 1 aromatic rings. The molecule has 0 saturated heterocycles. The van der Waals surface area contributed by atoms with Gasteiger partial charge in [0.25, 0.3) is 0 Å².